The molecule has 9 heteroatoms. The largest absolute Gasteiger partial charge is 0.490 e. The molecule has 4 aromatic rings. The number of hydrogen-bond acceptors (Lipinski definition) is 6. The van der Waals surface area contributed by atoms with Crippen LogP contribution >= 0.6 is 0 Å². The van der Waals surface area contributed by atoms with Crippen molar-refractivity contribution in [2.45, 2.75) is 33.4 Å². The molecule has 0 saturated carbocycles. The third-order valence-electron chi connectivity index (χ3n) is 6.32. The minimum Gasteiger partial charge on any atom is -0.490 e. The second kappa shape index (κ2) is 10.8. The van der Waals surface area contributed by atoms with Crippen molar-refractivity contribution in [3.05, 3.63) is 107 Å². The van der Waals surface area contributed by atoms with Crippen LogP contribution in [0.1, 0.15) is 36.6 Å². The number of nitrogens with zero attached hydrogens (tertiary/aromatic N) is 3. The van der Waals surface area contributed by atoms with Gasteiger partial charge in [-0.2, -0.15) is 10.1 Å². The highest BCUT2D eigenvalue weighted by atomic mass is 19.1. The zero-order chi connectivity index (χ0) is 26.6. The predicted molar refractivity (Wildman–Crippen MR) is 143 cm³/mol. The summed E-state index contributed by atoms with van der Waals surface area (Å²) in [6, 6.07) is 18.8. The number of fused-ring (bicyclic) bond motifs is 1. The molecule has 0 fully saturated rings. The van der Waals surface area contributed by atoms with Crippen molar-refractivity contribution < 1.29 is 18.7 Å². The summed E-state index contributed by atoms with van der Waals surface area (Å²) in [5.41, 5.74) is 4.50. The Balaban J connectivity index is 1.49. The first-order chi connectivity index (χ1) is 18.4. The van der Waals surface area contributed by atoms with E-state index in [0.717, 1.165) is 22.4 Å². The summed E-state index contributed by atoms with van der Waals surface area (Å²) in [6.45, 7) is 6.36. The van der Waals surface area contributed by atoms with Gasteiger partial charge in [0.15, 0.2) is 11.5 Å². The van der Waals surface area contributed by atoms with Crippen molar-refractivity contribution in [2.24, 2.45) is 0 Å². The van der Waals surface area contributed by atoms with Crippen LogP contribution in [0.4, 0.5) is 16.0 Å². The minimum atomic E-state index is -0.553. The molecule has 2 N–H and O–H groups in total. The summed E-state index contributed by atoms with van der Waals surface area (Å²) < 4.78 is 26.9. The van der Waals surface area contributed by atoms with E-state index in [4.69, 9.17) is 9.47 Å². The highest BCUT2D eigenvalue weighted by Gasteiger charge is 2.34. The molecule has 3 aromatic carbocycles. The van der Waals surface area contributed by atoms with E-state index < -0.39 is 6.04 Å². The van der Waals surface area contributed by atoms with Gasteiger partial charge in [-0.3, -0.25) is 4.79 Å². The number of rotatable bonds is 8. The molecule has 8 nitrogen and oxygen atoms in total. The molecule has 1 aliphatic rings. The number of anilines is 2. The first-order valence-electron chi connectivity index (χ1n) is 12.3. The number of halogens is 1. The summed E-state index contributed by atoms with van der Waals surface area (Å²) in [5, 5.41) is 10.6. The van der Waals surface area contributed by atoms with Crippen LogP contribution in [0.5, 0.6) is 11.5 Å². The molecule has 1 atom stereocenters. The number of benzene rings is 3. The van der Waals surface area contributed by atoms with Gasteiger partial charge in [0, 0.05) is 11.4 Å². The van der Waals surface area contributed by atoms with E-state index in [2.05, 4.69) is 20.7 Å². The number of allylic oxidation sites excluding steroid dienone is 1. The lowest BCUT2D eigenvalue weighted by Gasteiger charge is -2.29. The smallest absolute Gasteiger partial charge is 0.255 e. The first kappa shape index (κ1) is 25.0. The maximum atomic E-state index is 13.7. The molecule has 38 heavy (non-hydrogen) atoms. The number of amides is 1. The Morgan fingerprint density at radius 1 is 1.05 bits per heavy atom. The van der Waals surface area contributed by atoms with E-state index in [1.54, 1.807) is 16.8 Å². The number of carbonyl (C=O) groups excluding carboxylic acids is 1. The molecular weight excluding hydrogens is 485 g/mol. The van der Waals surface area contributed by atoms with E-state index in [1.807, 2.05) is 63.2 Å². The van der Waals surface area contributed by atoms with Crippen LogP contribution in [-0.4, -0.2) is 27.3 Å². The Bertz CT molecular complexity index is 1500. The second-order valence-corrected chi connectivity index (χ2v) is 8.92. The lowest BCUT2D eigenvalue weighted by molar-refractivity contribution is -0.113. The van der Waals surface area contributed by atoms with Crippen LogP contribution in [0.25, 0.3) is 0 Å². The molecule has 1 aromatic heterocycles. The van der Waals surface area contributed by atoms with Crippen LogP contribution in [0.3, 0.4) is 0 Å². The van der Waals surface area contributed by atoms with Crippen LogP contribution in [0.2, 0.25) is 0 Å². The highest BCUT2D eigenvalue weighted by Crippen LogP contribution is 2.39. The number of hydrogen-bond donors (Lipinski definition) is 2. The Morgan fingerprint density at radius 3 is 2.61 bits per heavy atom. The van der Waals surface area contributed by atoms with E-state index in [9.17, 15) is 9.18 Å². The summed E-state index contributed by atoms with van der Waals surface area (Å²) in [4.78, 5) is 18.0. The van der Waals surface area contributed by atoms with Crippen molar-refractivity contribution in [3.63, 3.8) is 0 Å². The van der Waals surface area contributed by atoms with Crippen molar-refractivity contribution >= 4 is 17.5 Å². The van der Waals surface area contributed by atoms with Crippen LogP contribution in [0, 0.1) is 12.7 Å². The molecule has 194 valence electrons. The van der Waals surface area contributed by atoms with Crippen molar-refractivity contribution in [1.29, 1.82) is 0 Å². The standard InChI is InChI=1S/C29H28FN5O3/c1-4-37-25-15-21(11-14-24(25)38-16-20-9-12-22(30)13-10-20)27-26(19(3)33-29-31-17-32-35(27)29)28(36)34-23-8-6-5-7-18(23)2/h5-15,17,27H,4,16H2,1-3H3,(H,34,36)(H,31,32,33)/t27-/m0/s1. The SMILES string of the molecule is CCOc1cc([C@H]2C(C(=O)Nc3ccccc3C)=C(C)Nc3ncnn32)ccc1OCc1ccc(F)cc1. The predicted octanol–water partition coefficient (Wildman–Crippen LogP) is 5.63. The molecule has 0 saturated heterocycles. The van der Waals surface area contributed by atoms with Crippen molar-refractivity contribution in [2.75, 3.05) is 17.2 Å². The Labute approximate surface area is 220 Å². The number of carbonyl (C=O) groups is 1. The third-order valence-corrected chi connectivity index (χ3v) is 6.32. The van der Waals surface area contributed by atoms with Gasteiger partial charge in [0.25, 0.3) is 5.91 Å². The number of aromatic nitrogens is 3. The van der Waals surface area contributed by atoms with Crippen LogP contribution in [-0.2, 0) is 11.4 Å². The Hall–Kier alpha value is -4.66. The zero-order valence-corrected chi connectivity index (χ0v) is 21.4. The quantitative estimate of drug-likeness (QED) is 0.317. The first-order valence-corrected chi connectivity index (χ1v) is 12.3. The normalized spacial score (nSPS) is 14.5. The van der Waals surface area contributed by atoms with Gasteiger partial charge in [0.05, 0.1) is 12.2 Å². The molecule has 0 spiro atoms. The lowest BCUT2D eigenvalue weighted by atomic mass is 9.94. The van der Waals surface area contributed by atoms with Gasteiger partial charge in [-0.15, -0.1) is 0 Å². The zero-order valence-electron chi connectivity index (χ0n) is 21.4. The van der Waals surface area contributed by atoms with Gasteiger partial charge in [-0.25, -0.2) is 9.07 Å². The molecular formula is C29H28FN5O3. The van der Waals surface area contributed by atoms with Gasteiger partial charge in [-0.05, 0) is 67.8 Å². The average Bonchev–Trinajstić information content (AvgIpc) is 3.37. The molecule has 0 bridgehead atoms. The van der Waals surface area contributed by atoms with Gasteiger partial charge < -0.3 is 20.1 Å². The molecule has 2 heterocycles. The third kappa shape index (κ3) is 5.08. The lowest BCUT2D eigenvalue weighted by Crippen LogP contribution is -2.31. The maximum Gasteiger partial charge on any atom is 0.255 e. The van der Waals surface area contributed by atoms with Crippen LogP contribution in [0.15, 0.2) is 84.3 Å². The topological polar surface area (TPSA) is 90.3 Å². The fourth-order valence-electron chi connectivity index (χ4n) is 4.42. The van der Waals surface area contributed by atoms with E-state index in [1.165, 1.54) is 18.5 Å². The van der Waals surface area contributed by atoms with Crippen molar-refractivity contribution in [1.82, 2.24) is 14.8 Å². The number of aryl methyl sites for hydroxylation is 1. The van der Waals surface area contributed by atoms with E-state index in [-0.39, 0.29) is 18.3 Å². The van der Waals surface area contributed by atoms with Gasteiger partial charge in [-0.1, -0.05) is 36.4 Å². The number of nitrogens with one attached hydrogen (secondary N) is 2. The summed E-state index contributed by atoms with van der Waals surface area (Å²) in [6.07, 6.45) is 1.45. The minimum absolute atomic E-state index is 0.245. The van der Waals surface area contributed by atoms with Gasteiger partial charge in [0.2, 0.25) is 5.95 Å². The van der Waals surface area contributed by atoms with E-state index >= 15 is 0 Å². The molecule has 5 rings (SSSR count). The molecule has 0 aliphatic carbocycles. The number of para-hydroxylation sites is 1. The Kier molecular flexibility index (Phi) is 7.08. The number of ether oxygens (including phenoxy) is 2. The van der Waals surface area contributed by atoms with Gasteiger partial charge in [0.1, 0.15) is 24.8 Å². The molecule has 1 amide bonds. The molecule has 1 aliphatic heterocycles. The fourth-order valence-corrected chi connectivity index (χ4v) is 4.42. The summed E-state index contributed by atoms with van der Waals surface area (Å²) in [7, 11) is 0. The monoisotopic (exact) mass is 513 g/mol. The van der Waals surface area contributed by atoms with Crippen LogP contribution < -0.4 is 20.1 Å². The second-order valence-electron chi connectivity index (χ2n) is 8.92. The maximum absolute atomic E-state index is 13.7. The highest BCUT2D eigenvalue weighted by molar-refractivity contribution is 6.06. The molecule has 0 radical (unpaired) electrons. The fraction of sp³-hybridized carbons (Fsp3) is 0.207. The van der Waals surface area contributed by atoms with E-state index in [0.29, 0.717) is 35.3 Å². The summed E-state index contributed by atoms with van der Waals surface area (Å²) in [5.74, 6) is 1.07. The Morgan fingerprint density at radius 2 is 1.84 bits per heavy atom. The summed E-state index contributed by atoms with van der Waals surface area (Å²) >= 11 is 0. The molecule has 0 unspecified atom stereocenters. The van der Waals surface area contributed by atoms with Crippen molar-refractivity contribution in [3.8, 4) is 11.5 Å². The van der Waals surface area contributed by atoms with Gasteiger partial charge >= 0.3 is 0 Å². The average molecular weight is 514 g/mol.